The van der Waals surface area contributed by atoms with Crippen molar-refractivity contribution in [3.05, 3.63) is 70.7 Å². The van der Waals surface area contributed by atoms with E-state index < -0.39 is 10.0 Å². The topological polar surface area (TPSA) is 105 Å². The minimum Gasteiger partial charge on any atom is -0.330 e. The lowest BCUT2D eigenvalue weighted by Gasteiger charge is -2.16. The van der Waals surface area contributed by atoms with E-state index in [9.17, 15) is 13.2 Å². The second kappa shape index (κ2) is 10.7. The fraction of sp³-hybridized carbons (Fsp3) is 0.238. The number of nitrogens with one attached hydrogen (secondary N) is 1. The van der Waals surface area contributed by atoms with Crippen LogP contribution in [0.15, 0.2) is 65.0 Å². The maximum absolute atomic E-state index is 12.2. The van der Waals surface area contributed by atoms with Crippen molar-refractivity contribution in [2.45, 2.75) is 24.2 Å². The van der Waals surface area contributed by atoms with Crippen LogP contribution in [0.2, 0.25) is 5.02 Å². The van der Waals surface area contributed by atoms with Gasteiger partial charge < -0.3 is 10.6 Å². The molecule has 1 aliphatic rings. The molecule has 3 N–H and O–H groups in total. The second-order valence-corrected chi connectivity index (χ2v) is 9.76. The second-order valence-electron chi connectivity index (χ2n) is 6.75. The highest BCUT2D eigenvalue weighted by Gasteiger charge is 2.22. The van der Waals surface area contributed by atoms with Gasteiger partial charge in [-0.25, -0.2) is 13.4 Å². The molecule has 1 amide bonds. The van der Waals surface area contributed by atoms with Gasteiger partial charge in [0.15, 0.2) is 5.13 Å². The van der Waals surface area contributed by atoms with E-state index >= 15 is 0 Å². The molecule has 7 nitrogen and oxygen atoms in total. The molecule has 0 aliphatic carbocycles. The number of rotatable bonds is 6. The highest BCUT2D eigenvalue weighted by molar-refractivity contribution is 7.93. The molecule has 31 heavy (non-hydrogen) atoms. The molecule has 0 unspecified atom stereocenters. The lowest BCUT2D eigenvalue weighted by Crippen LogP contribution is -2.23. The van der Waals surface area contributed by atoms with Crippen LogP contribution in [0.4, 0.5) is 10.8 Å². The number of hydrogen-bond acceptors (Lipinski definition) is 6. The van der Waals surface area contributed by atoms with Crippen molar-refractivity contribution in [3.8, 4) is 0 Å². The van der Waals surface area contributed by atoms with Crippen molar-refractivity contribution in [2.75, 3.05) is 22.7 Å². The largest absolute Gasteiger partial charge is 0.330 e. The number of carbonyl (C=O) groups excluding carboxylic acids is 1. The van der Waals surface area contributed by atoms with Gasteiger partial charge in [0, 0.05) is 38.1 Å². The quantitative estimate of drug-likeness (QED) is 0.541. The third kappa shape index (κ3) is 6.51. The number of nitrogens with zero attached hydrogens (tertiary/aromatic N) is 2. The van der Waals surface area contributed by atoms with Gasteiger partial charge in [0.2, 0.25) is 5.91 Å². The first-order chi connectivity index (χ1) is 14.9. The van der Waals surface area contributed by atoms with Gasteiger partial charge in [-0.1, -0.05) is 23.7 Å². The number of nitrogens with two attached hydrogens (primary N) is 1. The smallest absolute Gasteiger partial charge is 0.263 e. The van der Waals surface area contributed by atoms with Crippen LogP contribution in [0.25, 0.3) is 0 Å². The van der Waals surface area contributed by atoms with E-state index in [-0.39, 0.29) is 13.7 Å². The summed E-state index contributed by atoms with van der Waals surface area (Å²) in [6.07, 6.45) is 3.85. The highest BCUT2D eigenvalue weighted by Crippen LogP contribution is 2.24. The molecular weight excluding hydrogens is 456 g/mol. The van der Waals surface area contributed by atoms with Crippen LogP contribution in [-0.4, -0.2) is 32.4 Å². The molecule has 1 aliphatic heterocycles. The molecule has 0 saturated carbocycles. The fourth-order valence-corrected chi connectivity index (χ4v) is 4.91. The number of carbonyl (C=O) groups is 1. The van der Waals surface area contributed by atoms with Gasteiger partial charge in [-0.15, -0.1) is 11.3 Å². The van der Waals surface area contributed by atoms with Crippen molar-refractivity contribution >= 4 is 49.7 Å². The summed E-state index contributed by atoms with van der Waals surface area (Å²) in [6, 6.07) is 14.1. The van der Waals surface area contributed by atoms with Crippen molar-refractivity contribution in [2.24, 2.45) is 5.73 Å². The molecule has 2 aromatic carbocycles. The summed E-state index contributed by atoms with van der Waals surface area (Å²) in [5.41, 5.74) is 7.34. The molecule has 2 heterocycles. The standard InChI is InChI=1S/C13H13N3O3S2.C8H10ClN.2H2/c17-12-2-1-8-16(12)10-3-5-11(6-4-10)21(18,19)15-13-14-7-9-20-13;9-8-3-1-7(2-4-8)5-6-10;;/h3-7,9H,1-2,8H2,(H,14,15);1-4H,5-6,10H2;2*1H. The Kier molecular flexibility index (Phi) is 8.03. The average Bonchev–Trinajstić information content (AvgIpc) is 3.42. The summed E-state index contributed by atoms with van der Waals surface area (Å²) in [5, 5.41) is 2.80. The van der Waals surface area contributed by atoms with E-state index in [1.54, 1.807) is 22.4 Å². The molecule has 0 atom stereocenters. The van der Waals surface area contributed by atoms with Crippen LogP contribution in [0.1, 0.15) is 21.3 Å². The normalized spacial score (nSPS) is 13.6. The van der Waals surface area contributed by atoms with Crippen LogP contribution in [-0.2, 0) is 21.2 Å². The third-order valence-electron chi connectivity index (χ3n) is 4.53. The van der Waals surface area contributed by atoms with Gasteiger partial charge in [0.1, 0.15) is 0 Å². The van der Waals surface area contributed by atoms with Crippen LogP contribution < -0.4 is 15.4 Å². The SMILES string of the molecule is NCCc1ccc(Cl)cc1.O=C1CCCN1c1ccc(S(=O)(=O)Nc2nccs2)cc1.[HH].[HH]. The molecule has 10 heteroatoms. The summed E-state index contributed by atoms with van der Waals surface area (Å²) in [5.74, 6) is 0.0755. The molecule has 168 valence electrons. The summed E-state index contributed by atoms with van der Waals surface area (Å²) in [6.45, 7) is 1.38. The Morgan fingerprint density at radius 2 is 1.87 bits per heavy atom. The number of benzene rings is 2. The van der Waals surface area contributed by atoms with Crippen LogP contribution in [0, 0.1) is 0 Å². The zero-order valence-electron chi connectivity index (χ0n) is 16.7. The summed E-state index contributed by atoms with van der Waals surface area (Å²) in [4.78, 5) is 17.4. The minimum absolute atomic E-state index is 0. The molecule has 0 bridgehead atoms. The van der Waals surface area contributed by atoms with E-state index in [4.69, 9.17) is 17.3 Å². The van der Waals surface area contributed by atoms with Gasteiger partial charge in [-0.3, -0.25) is 9.52 Å². The lowest BCUT2D eigenvalue weighted by molar-refractivity contribution is -0.117. The molecule has 0 radical (unpaired) electrons. The number of halogens is 1. The van der Waals surface area contributed by atoms with Gasteiger partial charge >= 0.3 is 0 Å². The Balaban J connectivity index is 0.000000388. The van der Waals surface area contributed by atoms with E-state index in [0.717, 1.165) is 23.6 Å². The zero-order valence-corrected chi connectivity index (χ0v) is 19.1. The Morgan fingerprint density at radius 3 is 2.42 bits per heavy atom. The summed E-state index contributed by atoms with van der Waals surface area (Å²) >= 11 is 6.89. The highest BCUT2D eigenvalue weighted by atomic mass is 35.5. The van der Waals surface area contributed by atoms with E-state index in [0.29, 0.717) is 24.6 Å². The molecule has 0 spiro atoms. The predicted octanol–water partition coefficient (Wildman–Crippen LogP) is 4.40. The third-order valence-corrected chi connectivity index (χ3v) is 6.96. The first kappa shape index (κ1) is 23.2. The molecule has 1 aromatic heterocycles. The predicted molar refractivity (Wildman–Crippen MR) is 129 cm³/mol. The lowest BCUT2D eigenvalue weighted by atomic mass is 10.2. The zero-order chi connectivity index (χ0) is 22.3. The number of sulfonamides is 1. The molecule has 4 rings (SSSR count). The van der Waals surface area contributed by atoms with Crippen molar-refractivity contribution in [1.82, 2.24) is 4.98 Å². The number of thiazole rings is 1. The minimum atomic E-state index is -3.64. The number of hydrogen-bond donors (Lipinski definition) is 2. The number of anilines is 2. The average molecular weight is 483 g/mol. The summed E-state index contributed by atoms with van der Waals surface area (Å²) in [7, 11) is -3.64. The molecule has 1 saturated heterocycles. The maximum atomic E-state index is 12.2. The molecular formula is C21H27ClN4O3S2. The van der Waals surface area contributed by atoms with Crippen molar-refractivity contribution in [3.63, 3.8) is 0 Å². The summed E-state index contributed by atoms with van der Waals surface area (Å²) < 4.78 is 26.8. The number of amides is 1. The van der Waals surface area contributed by atoms with Crippen LogP contribution in [0.5, 0.6) is 0 Å². The van der Waals surface area contributed by atoms with E-state index in [2.05, 4.69) is 9.71 Å². The van der Waals surface area contributed by atoms with Gasteiger partial charge in [-0.05, 0) is 61.3 Å². The Morgan fingerprint density at radius 1 is 1.16 bits per heavy atom. The van der Waals surface area contributed by atoms with Gasteiger partial charge in [-0.2, -0.15) is 0 Å². The first-order valence-electron chi connectivity index (χ1n) is 9.66. The van der Waals surface area contributed by atoms with E-state index in [1.807, 2.05) is 24.3 Å². The van der Waals surface area contributed by atoms with E-state index in [1.165, 1.54) is 35.2 Å². The molecule has 1 fully saturated rings. The monoisotopic (exact) mass is 482 g/mol. The Bertz CT molecular complexity index is 1100. The maximum Gasteiger partial charge on any atom is 0.263 e. The number of aromatic nitrogens is 1. The van der Waals surface area contributed by atoms with Gasteiger partial charge in [0.05, 0.1) is 4.90 Å². The van der Waals surface area contributed by atoms with Gasteiger partial charge in [0.25, 0.3) is 10.0 Å². The molecule has 3 aromatic rings. The fourth-order valence-electron chi connectivity index (χ4n) is 2.99. The Labute approximate surface area is 193 Å². The van der Waals surface area contributed by atoms with Crippen molar-refractivity contribution < 1.29 is 16.1 Å². The van der Waals surface area contributed by atoms with Crippen LogP contribution in [0.3, 0.4) is 0 Å². The van der Waals surface area contributed by atoms with Crippen molar-refractivity contribution in [1.29, 1.82) is 0 Å². The van der Waals surface area contributed by atoms with Crippen LogP contribution >= 0.6 is 22.9 Å². The Hall–Kier alpha value is -2.46. The first-order valence-corrected chi connectivity index (χ1v) is 12.4.